The molecule has 0 unspecified atom stereocenters. The largest absolute Gasteiger partial charge is 0.452 e. The molecule has 0 aliphatic carbocycles. The number of halogens is 2. The summed E-state index contributed by atoms with van der Waals surface area (Å²) >= 11 is 5.83. The van der Waals surface area contributed by atoms with Crippen LogP contribution in [-0.4, -0.2) is 37.0 Å². The normalized spacial score (nSPS) is 15.3. The van der Waals surface area contributed by atoms with Crippen molar-refractivity contribution in [2.45, 2.75) is 0 Å². The van der Waals surface area contributed by atoms with Gasteiger partial charge in [-0.25, -0.2) is 4.39 Å². The van der Waals surface area contributed by atoms with Crippen molar-refractivity contribution < 1.29 is 13.6 Å². The molecule has 0 N–H and O–H groups in total. The minimum absolute atomic E-state index is 0.118. The molecule has 1 aliphatic rings. The summed E-state index contributed by atoms with van der Waals surface area (Å²) in [6, 6.07) is 7.97. The molecule has 110 valence electrons. The first kappa shape index (κ1) is 13.9. The molecule has 1 fully saturated rings. The molecule has 1 aromatic carbocycles. The van der Waals surface area contributed by atoms with E-state index in [2.05, 4.69) is 4.90 Å². The van der Waals surface area contributed by atoms with Crippen molar-refractivity contribution in [2.24, 2.45) is 0 Å². The molecule has 2 heterocycles. The van der Waals surface area contributed by atoms with E-state index in [1.54, 1.807) is 23.1 Å². The quantitative estimate of drug-likeness (QED) is 0.855. The number of rotatable bonds is 2. The lowest BCUT2D eigenvalue weighted by Crippen LogP contribution is -2.48. The monoisotopic (exact) mass is 308 g/mol. The Morgan fingerprint density at radius 1 is 1.10 bits per heavy atom. The number of anilines is 1. The van der Waals surface area contributed by atoms with Crippen LogP contribution >= 0.6 is 11.6 Å². The number of furan rings is 1. The van der Waals surface area contributed by atoms with Crippen molar-refractivity contribution in [1.29, 1.82) is 0 Å². The van der Waals surface area contributed by atoms with E-state index < -0.39 is 0 Å². The summed E-state index contributed by atoms with van der Waals surface area (Å²) in [7, 11) is 0. The molecular weight excluding hydrogens is 295 g/mol. The maximum absolute atomic E-state index is 12.9. The van der Waals surface area contributed by atoms with Gasteiger partial charge in [-0.2, -0.15) is 0 Å². The molecule has 0 spiro atoms. The first-order valence-corrected chi connectivity index (χ1v) is 7.06. The van der Waals surface area contributed by atoms with Gasteiger partial charge in [-0.05, 0) is 41.9 Å². The Balaban J connectivity index is 1.64. The summed E-state index contributed by atoms with van der Waals surface area (Å²) in [5.41, 5.74) is 1.36. The van der Waals surface area contributed by atoms with Crippen molar-refractivity contribution in [2.75, 3.05) is 31.1 Å². The summed E-state index contributed by atoms with van der Waals surface area (Å²) in [5.74, 6) is -0.366. The zero-order chi connectivity index (χ0) is 14.8. The lowest BCUT2D eigenvalue weighted by Gasteiger charge is -2.36. The third kappa shape index (κ3) is 2.88. The molecule has 2 aromatic rings. The van der Waals surface area contributed by atoms with E-state index in [1.165, 1.54) is 18.4 Å². The van der Waals surface area contributed by atoms with Crippen LogP contribution in [0.15, 0.2) is 41.0 Å². The van der Waals surface area contributed by atoms with Crippen molar-refractivity contribution in [1.82, 2.24) is 4.90 Å². The highest BCUT2D eigenvalue weighted by atomic mass is 35.5. The van der Waals surface area contributed by atoms with E-state index in [-0.39, 0.29) is 16.9 Å². The minimum Gasteiger partial charge on any atom is -0.452 e. The fourth-order valence-electron chi connectivity index (χ4n) is 2.44. The molecule has 1 amide bonds. The van der Waals surface area contributed by atoms with Gasteiger partial charge < -0.3 is 14.2 Å². The zero-order valence-electron chi connectivity index (χ0n) is 11.3. The summed E-state index contributed by atoms with van der Waals surface area (Å²) < 4.78 is 17.9. The molecule has 0 radical (unpaired) electrons. The van der Waals surface area contributed by atoms with Gasteiger partial charge in [0.05, 0.1) is 11.8 Å². The smallest absolute Gasteiger partial charge is 0.258 e. The third-order valence-corrected chi connectivity index (χ3v) is 3.90. The van der Waals surface area contributed by atoms with Gasteiger partial charge in [-0.3, -0.25) is 4.79 Å². The average molecular weight is 309 g/mol. The fourth-order valence-corrected chi connectivity index (χ4v) is 2.63. The number of hydrogen-bond acceptors (Lipinski definition) is 3. The third-order valence-electron chi connectivity index (χ3n) is 3.61. The Labute approximate surface area is 126 Å². The van der Waals surface area contributed by atoms with E-state index in [9.17, 15) is 9.18 Å². The SMILES string of the molecule is O=C(c1ccoc1Cl)N1CCN(c2ccc(F)cc2)CC1. The fraction of sp³-hybridized carbons (Fsp3) is 0.267. The second kappa shape index (κ2) is 5.77. The Hall–Kier alpha value is -2.01. The van der Waals surface area contributed by atoms with Crippen LogP contribution in [0.1, 0.15) is 10.4 Å². The lowest BCUT2D eigenvalue weighted by molar-refractivity contribution is 0.0746. The van der Waals surface area contributed by atoms with E-state index in [0.717, 1.165) is 5.69 Å². The summed E-state index contributed by atoms with van der Waals surface area (Å²) in [6.07, 6.45) is 1.41. The molecule has 1 aliphatic heterocycles. The Kier molecular flexibility index (Phi) is 3.84. The van der Waals surface area contributed by atoms with Crippen LogP contribution in [0.5, 0.6) is 0 Å². The second-order valence-electron chi connectivity index (χ2n) is 4.86. The Morgan fingerprint density at radius 3 is 2.33 bits per heavy atom. The predicted molar refractivity (Wildman–Crippen MR) is 78.2 cm³/mol. The van der Waals surface area contributed by atoms with Crippen molar-refractivity contribution in [3.05, 3.63) is 53.2 Å². The molecule has 1 saturated heterocycles. The highest BCUT2D eigenvalue weighted by molar-refractivity contribution is 6.32. The van der Waals surface area contributed by atoms with E-state index in [1.807, 2.05) is 0 Å². The highest BCUT2D eigenvalue weighted by Crippen LogP contribution is 2.21. The van der Waals surface area contributed by atoms with Gasteiger partial charge in [0.15, 0.2) is 0 Å². The highest BCUT2D eigenvalue weighted by Gasteiger charge is 2.24. The number of amides is 1. The molecule has 3 rings (SSSR count). The average Bonchev–Trinajstić information content (AvgIpc) is 2.94. The molecule has 0 atom stereocenters. The van der Waals surface area contributed by atoms with Gasteiger partial charge >= 0.3 is 0 Å². The molecule has 6 heteroatoms. The van der Waals surface area contributed by atoms with E-state index in [4.69, 9.17) is 16.0 Å². The Bertz CT molecular complexity index is 633. The Morgan fingerprint density at radius 2 is 1.76 bits per heavy atom. The number of benzene rings is 1. The molecule has 4 nitrogen and oxygen atoms in total. The minimum atomic E-state index is -0.248. The van der Waals surface area contributed by atoms with Crippen LogP contribution in [0.25, 0.3) is 0 Å². The lowest BCUT2D eigenvalue weighted by atomic mass is 10.2. The number of nitrogens with zero attached hydrogens (tertiary/aromatic N) is 2. The van der Waals surface area contributed by atoms with Crippen LogP contribution in [0.3, 0.4) is 0 Å². The van der Waals surface area contributed by atoms with Gasteiger partial charge in [0.2, 0.25) is 5.22 Å². The van der Waals surface area contributed by atoms with Crippen LogP contribution in [0, 0.1) is 5.82 Å². The summed E-state index contributed by atoms with van der Waals surface area (Å²) in [4.78, 5) is 16.2. The molecular formula is C15H14ClFN2O2. The number of carbonyl (C=O) groups excluding carboxylic acids is 1. The maximum atomic E-state index is 12.9. The summed E-state index contributed by atoms with van der Waals surface area (Å²) in [5, 5.41) is 0.126. The second-order valence-corrected chi connectivity index (χ2v) is 5.21. The topological polar surface area (TPSA) is 36.7 Å². The molecule has 1 aromatic heterocycles. The van der Waals surface area contributed by atoms with Crippen LogP contribution in [0.2, 0.25) is 5.22 Å². The van der Waals surface area contributed by atoms with Gasteiger partial charge in [0, 0.05) is 31.9 Å². The standard InChI is InChI=1S/C15H14ClFN2O2/c16-14-13(5-10-21-14)15(20)19-8-6-18(7-9-19)12-3-1-11(17)2-4-12/h1-5,10H,6-9H2. The van der Waals surface area contributed by atoms with E-state index >= 15 is 0 Å². The van der Waals surface area contributed by atoms with Crippen molar-refractivity contribution >= 4 is 23.2 Å². The molecule has 0 bridgehead atoms. The van der Waals surface area contributed by atoms with E-state index in [0.29, 0.717) is 31.7 Å². The molecule has 0 saturated carbocycles. The van der Waals surface area contributed by atoms with Gasteiger partial charge in [0.1, 0.15) is 5.82 Å². The van der Waals surface area contributed by atoms with Crippen LogP contribution in [-0.2, 0) is 0 Å². The number of hydrogen-bond donors (Lipinski definition) is 0. The number of carbonyl (C=O) groups is 1. The van der Waals surface area contributed by atoms with Crippen LogP contribution < -0.4 is 4.90 Å². The maximum Gasteiger partial charge on any atom is 0.258 e. The number of piperazine rings is 1. The molecule has 21 heavy (non-hydrogen) atoms. The summed E-state index contributed by atoms with van der Waals surface area (Å²) in [6.45, 7) is 2.59. The van der Waals surface area contributed by atoms with Crippen LogP contribution in [0.4, 0.5) is 10.1 Å². The van der Waals surface area contributed by atoms with Gasteiger partial charge in [-0.15, -0.1) is 0 Å². The van der Waals surface area contributed by atoms with Gasteiger partial charge in [0.25, 0.3) is 5.91 Å². The predicted octanol–water partition coefficient (Wildman–Crippen LogP) is 3.03. The zero-order valence-corrected chi connectivity index (χ0v) is 12.0. The van der Waals surface area contributed by atoms with Crippen molar-refractivity contribution in [3.63, 3.8) is 0 Å². The van der Waals surface area contributed by atoms with Crippen molar-refractivity contribution in [3.8, 4) is 0 Å². The van der Waals surface area contributed by atoms with Gasteiger partial charge in [-0.1, -0.05) is 0 Å². The first-order chi connectivity index (χ1) is 10.1. The first-order valence-electron chi connectivity index (χ1n) is 6.68.